The SMILES string of the molecule is CCc1cc2nc(C)sc2cc1Nc1nc(=O)c(CC)cn1CC1=CC(F)=C(F)C(F)=CC1. The molecule has 1 aliphatic carbocycles. The number of benzene rings is 1. The number of rotatable bonds is 6. The first-order chi connectivity index (χ1) is 15.8. The highest BCUT2D eigenvalue weighted by atomic mass is 32.1. The monoisotopic (exact) mass is 472 g/mol. The van der Waals surface area contributed by atoms with Crippen LogP contribution in [0.25, 0.3) is 10.2 Å². The van der Waals surface area contributed by atoms with E-state index in [1.165, 1.54) is 0 Å². The second-order valence-electron chi connectivity index (χ2n) is 7.79. The maximum absolute atomic E-state index is 14.0. The number of hydrogen-bond acceptors (Lipinski definition) is 5. The fraction of sp³-hybridized carbons (Fsp3) is 0.292. The number of nitrogens with zero attached hydrogens (tertiary/aromatic N) is 3. The van der Waals surface area contributed by atoms with Gasteiger partial charge in [-0.15, -0.1) is 11.3 Å². The second kappa shape index (κ2) is 9.35. The molecule has 0 saturated heterocycles. The molecule has 0 amide bonds. The van der Waals surface area contributed by atoms with Gasteiger partial charge in [0.2, 0.25) is 5.95 Å². The van der Waals surface area contributed by atoms with Crippen molar-refractivity contribution in [3.63, 3.8) is 0 Å². The van der Waals surface area contributed by atoms with E-state index >= 15 is 0 Å². The highest BCUT2D eigenvalue weighted by Crippen LogP contribution is 2.31. The second-order valence-corrected chi connectivity index (χ2v) is 9.02. The van der Waals surface area contributed by atoms with Crippen molar-refractivity contribution in [2.75, 3.05) is 5.32 Å². The molecule has 0 aliphatic heterocycles. The molecular weight excluding hydrogens is 449 g/mol. The van der Waals surface area contributed by atoms with Crippen molar-refractivity contribution in [3.8, 4) is 0 Å². The lowest BCUT2D eigenvalue weighted by Gasteiger charge is -2.18. The van der Waals surface area contributed by atoms with Crippen LogP contribution in [0.15, 0.2) is 58.3 Å². The standard InChI is InChI=1S/C24H23F3N4OS/c1-4-15-9-20-21(33-13(3)28-20)10-19(15)29-24-30-23(32)16(5-2)12-31(24)11-14-6-7-17(25)22(27)18(26)8-14/h7-10,12H,4-6,11H2,1-3H3,(H,29,30,32). The molecule has 1 aliphatic rings. The number of fused-ring (bicyclic) bond motifs is 1. The Morgan fingerprint density at radius 1 is 1.12 bits per heavy atom. The smallest absolute Gasteiger partial charge is 0.277 e. The zero-order valence-corrected chi connectivity index (χ0v) is 19.3. The van der Waals surface area contributed by atoms with E-state index in [0.29, 0.717) is 17.6 Å². The quantitative estimate of drug-likeness (QED) is 0.453. The largest absolute Gasteiger partial charge is 0.325 e. The number of thiazole rings is 1. The van der Waals surface area contributed by atoms with Gasteiger partial charge >= 0.3 is 0 Å². The van der Waals surface area contributed by atoms with Gasteiger partial charge in [-0.2, -0.15) is 4.98 Å². The van der Waals surface area contributed by atoms with Gasteiger partial charge in [0, 0.05) is 24.0 Å². The molecule has 1 aromatic carbocycles. The summed E-state index contributed by atoms with van der Waals surface area (Å²) in [6.45, 7) is 5.91. The van der Waals surface area contributed by atoms with Gasteiger partial charge in [-0.1, -0.05) is 13.8 Å². The lowest BCUT2D eigenvalue weighted by Crippen LogP contribution is -2.21. The molecule has 2 heterocycles. The number of nitrogens with one attached hydrogen (secondary N) is 1. The Kier molecular flexibility index (Phi) is 6.51. The Morgan fingerprint density at radius 2 is 1.88 bits per heavy atom. The number of aromatic nitrogens is 3. The summed E-state index contributed by atoms with van der Waals surface area (Å²) < 4.78 is 43.9. The van der Waals surface area contributed by atoms with Gasteiger partial charge in [0.25, 0.3) is 5.56 Å². The lowest BCUT2D eigenvalue weighted by molar-refractivity contribution is 0.504. The van der Waals surface area contributed by atoms with Crippen LogP contribution in [0.5, 0.6) is 0 Å². The number of halogens is 3. The molecule has 5 nitrogen and oxygen atoms in total. The number of anilines is 2. The molecular formula is C24H23F3N4OS. The summed E-state index contributed by atoms with van der Waals surface area (Å²) in [5, 5.41) is 4.21. The molecule has 0 atom stereocenters. The summed E-state index contributed by atoms with van der Waals surface area (Å²) in [4.78, 5) is 21.3. The van der Waals surface area contributed by atoms with E-state index < -0.39 is 17.5 Å². The predicted octanol–water partition coefficient (Wildman–Crippen LogP) is 6.36. The van der Waals surface area contributed by atoms with Crippen molar-refractivity contribution in [3.05, 3.63) is 80.0 Å². The fourth-order valence-electron chi connectivity index (χ4n) is 3.72. The minimum atomic E-state index is -1.50. The van der Waals surface area contributed by atoms with E-state index in [0.717, 1.165) is 45.0 Å². The minimum absolute atomic E-state index is 0.0337. The van der Waals surface area contributed by atoms with Crippen molar-refractivity contribution in [1.29, 1.82) is 0 Å². The third-order valence-corrected chi connectivity index (χ3v) is 6.40. The summed E-state index contributed by atoms with van der Waals surface area (Å²) in [5.74, 6) is -3.71. The number of allylic oxidation sites excluding steroid dienone is 6. The van der Waals surface area contributed by atoms with Crippen LogP contribution < -0.4 is 10.9 Å². The molecule has 0 unspecified atom stereocenters. The average Bonchev–Trinajstić information content (AvgIpc) is 3.10. The third kappa shape index (κ3) is 4.78. The predicted molar refractivity (Wildman–Crippen MR) is 126 cm³/mol. The molecule has 172 valence electrons. The van der Waals surface area contributed by atoms with E-state index in [1.54, 1.807) is 22.1 Å². The first-order valence-electron chi connectivity index (χ1n) is 10.7. The van der Waals surface area contributed by atoms with Crippen molar-refractivity contribution in [1.82, 2.24) is 14.5 Å². The Hall–Kier alpha value is -3.20. The van der Waals surface area contributed by atoms with Gasteiger partial charge in [0.05, 0.1) is 15.2 Å². The van der Waals surface area contributed by atoms with Gasteiger partial charge in [0.15, 0.2) is 17.5 Å². The van der Waals surface area contributed by atoms with Crippen LogP contribution in [0.1, 0.15) is 36.4 Å². The van der Waals surface area contributed by atoms with E-state index in [4.69, 9.17) is 0 Å². The Morgan fingerprint density at radius 3 is 2.61 bits per heavy atom. The van der Waals surface area contributed by atoms with Gasteiger partial charge in [-0.05, 0) is 61.6 Å². The van der Waals surface area contributed by atoms with Crippen molar-refractivity contribution >= 4 is 33.2 Å². The highest BCUT2D eigenvalue weighted by Gasteiger charge is 2.17. The average molecular weight is 473 g/mol. The van der Waals surface area contributed by atoms with Crippen LogP contribution in [-0.2, 0) is 19.4 Å². The molecule has 9 heteroatoms. The van der Waals surface area contributed by atoms with Gasteiger partial charge in [0.1, 0.15) is 0 Å². The summed E-state index contributed by atoms with van der Waals surface area (Å²) in [6.07, 6.45) is 4.89. The maximum Gasteiger partial charge on any atom is 0.277 e. The zero-order chi connectivity index (χ0) is 23.7. The van der Waals surface area contributed by atoms with E-state index in [1.807, 2.05) is 32.9 Å². The first-order valence-corrected chi connectivity index (χ1v) is 11.5. The summed E-state index contributed by atoms with van der Waals surface area (Å²) in [6, 6.07) is 3.98. The van der Waals surface area contributed by atoms with Crippen LogP contribution in [0.2, 0.25) is 0 Å². The molecule has 0 bridgehead atoms. The molecule has 3 aromatic rings. The summed E-state index contributed by atoms with van der Waals surface area (Å²) >= 11 is 1.57. The lowest BCUT2D eigenvalue weighted by atomic mass is 10.1. The summed E-state index contributed by atoms with van der Waals surface area (Å²) in [7, 11) is 0. The minimum Gasteiger partial charge on any atom is -0.325 e. The highest BCUT2D eigenvalue weighted by molar-refractivity contribution is 7.18. The molecule has 33 heavy (non-hydrogen) atoms. The summed E-state index contributed by atoms with van der Waals surface area (Å²) in [5.41, 5.74) is 3.27. The van der Waals surface area contributed by atoms with Gasteiger partial charge in [-0.25, -0.2) is 18.2 Å². The van der Waals surface area contributed by atoms with Gasteiger partial charge in [-0.3, -0.25) is 4.79 Å². The van der Waals surface area contributed by atoms with Crippen molar-refractivity contribution in [2.45, 2.75) is 46.6 Å². The van der Waals surface area contributed by atoms with Crippen LogP contribution in [0, 0.1) is 6.92 Å². The molecule has 0 saturated carbocycles. The zero-order valence-electron chi connectivity index (χ0n) is 18.5. The van der Waals surface area contributed by atoms with E-state index in [-0.39, 0.29) is 24.5 Å². The fourth-order valence-corrected chi connectivity index (χ4v) is 4.56. The molecule has 2 aromatic heterocycles. The van der Waals surface area contributed by atoms with Crippen LogP contribution in [0.4, 0.5) is 24.8 Å². The van der Waals surface area contributed by atoms with Crippen LogP contribution >= 0.6 is 11.3 Å². The molecule has 1 N–H and O–H groups in total. The maximum atomic E-state index is 14.0. The molecule has 0 radical (unpaired) electrons. The van der Waals surface area contributed by atoms with E-state index in [2.05, 4.69) is 15.3 Å². The molecule has 0 fully saturated rings. The Bertz CT molecular complexity index is 1380. The Labute approximate surface area is 193 Å². The van der Waals surface area contributed by atoms with Crippen LogP contribution in [0.3, 0.4) is 0 Å². The molecule has 0 spiro atoms. The Balaban J connectivity index is 1.77. The first kappa shape index (κ1) is 23.0. The topological polar surface area (TPSA) is 59.8 Å². The molecule has 4 rings (SSSR count). The van der Waals surface area contributed by atoms with Crippen molar-refractivity contribution < 1.29 is 13.2 Å². The van der Waals surface area contributed by atoms with Gasteiger partial charge < -0.3 is 9.88 Å². The van der Waals surface area contributed by atoms with Crippen LogP contribution in [-0.4, -0.2) is 14.5 Å². The number of hydrogen-bond donors (Lipinski definition) is 1. The normalized spacial score (nSPS) is 14.4. The third-order valence-electron chi connectivity index (χ3n) is 5.46. The number of aryl methyl sites for hydroxylation is 3. The van der Waals surface area contributed by atoms with E-state index in [9.17, 15) is 18.0 Å². The van der Waals surface area contributed by atoms with Crippen molar-refractivity contribution in [2.24, 2.45) is 0 Å².